The third-order valence-corrected chi connectivity index (χ3v) is 5.44. The molecule has 2 aromatic carbocycles. The van der Waals surface area contributed by atoms with Gasteiger partial charge in [0, 0.05) is 22.7 Å². The number of aromatic nitrogens is 3. The fraction of sp³-hybridized carbons (Fsp3) is 0.190. The van der Waals surface area contributed by atoms with E-state index in [2.05, 4.69) is 10.3 Å². The van der Waals surface area contributed by atoms with Crippen LogP contribution in [0, 0.1) is 0 Å². The van der Waals surface area contributed by atoms with Crippen molar-refractivity contribution < 1.29 is 9.53 Å². The van der Waals surface area contributed by atoms with Crippen LogP contribution in [-0.2, 0) is 13.1 Å². The number of amides is 1. The van der Waals surface area contributed by atoms with Crippen molar-refractivity contribution in [1.29, 1.82) is 0 Å². The van der Waals surface area contributed by atoms with Gasteiger partial charge in [0.05, 0.1) is 19.2 Å². The monoisotopic (exact) mass is 392 g/mol. The molecular formula is C21H20N4O2S. The number of carbonyl (C=O) groups excluding carboxylic acids is 1. The van der Waals surface area contributed by atoms with Crippen LogP contribution in [0.5, 0.6) is 5.75 Å². The molecule has 4 rings (SSSR count). The van der Waals surface area contributed by atoms with Gasteiger partial charge in [-0.25, -0.2) is 4.68 Å². The van der Waals surface area contributed by atoms with Gasteiger partial charge in [-0.3, -0.25) is 4.79 Å². The van der Waals surface area contributed by atoms with Crippen LogP contribution in [0.25, 0.3) is 11.0 Å². The van der Waals surface area contributed by atoms with Crippen molar-refractivity contribution >= 4 is 34.0 Å². The molecular weight excluding hydrogens is 372 g/mol. The van der Waals surface area contributed by atoms with Crippen LogP contribution in [0.2, 0.25) is 0 Å². The second-order valence-electron chi connectivity index (χ2n) is 6.28. The van der Waals surface area contributed by atoms with Gasteiger partial charge in [-0.2, -0.15) is 0 Å². The molecule has 0 fully saturated rings. The number of rotatable bonds is 6. The largest absolute Gasteiger partial charge is 0.497 e. The van der Waals surface area contributed by atoms with Gasteiger partial charge >= 0.3 is 0 Å². The number of hydrogen-bond acceptors (Lipinski definition) is 5. The highest BCUT2D eigenvalue weighted by atomic mass is 32.1. The normalized spacial score (nSPS) is 10.9. The van der Waals surface area contributed by atoms with E-state index < -0.39 is 0 Å². The lowest BCUT2D eigenvalue weighted by molar-refractivity contribution is 0.0985. The topological polar surface area (TPSA) is 60.2 Å². The first-order chi connectivity index (χ1) is 13.7. The Balaban J connectivity index is 1.71. The zero-order valence-electron chi connectivity index (χ0n) is 15.7. The highest BCUT2D eigenvalue weighted by molar-refractivity contribution is 7.09. The van der Waals surface area contributed by atoms with Gasteiger partial charge in [0.15, 0.2) is 0 Å². The molecule has 0 aliphatic rings. The first-order valence-electron chi connectivity index (χ1n) is 9.01. The summed E-state index contributed by atoms with van der Waals surface area (Å²) in [5.74, 6) is 0.677. The van der Waals surface area contributed by atoms with Crippen LogP contribution in [0.1, 0.15) is 22.2 Å². The maximum absolute atomic E-state index is 13.4. The van der Waals surface area contributed by atoms with E-state index in [0.29, 0.717) is 12.1 Å². The fourth-order valence-corrected chi connectivity index (χ4v) is 3.79. The molecule has 0 saturated carbocycles. The van der Waals surface area contributed by atoms with E-state index in [0.717, 1.165) is 33.9 Å². The molecule has 0 spiro atoms. The van der Waals surface area contributed by atoms with Gasteiger partial charge < -0.3 is 9.64 Å². The molecule has 0 radical (unpaired) electrons. The Morgan fingerprint density at radius 3 is 2.68 bits per heavy atom. The smallest absolute Gasteiger partial charge is 0.258 e. The zero-order valence-corrected chi connectivity index (χ0v) is 16.5. The van der Waals surface area contributed by atoms with Gasteiger partial charge in [-0.05, 0) is 60.8 Å². The van der Waals surface area contributed by atoms with E-state index in [1.807, 2.05) is 71.6 Å². The van der Waals surface area contributed by atoms with Crippen molar-refractivity contribution in [3.63, 3.8) is 0 Å². The Labute approximate surface area is 167 Å². The maximum atomic E-state index is 13.4. The van der Waals surface area contributed by atoms with E-state index in [-0.39, 0.29) is 5.91 Å². The summed E-state index contributed by atoms with van der Waals surface area (Å²) in [5.41, 5.74) is 3.05. The van der Waals surface area contributed by atoms with Crippen molar-refractivity contribution in [2.24, 2.45) is 0 Å². The molecule has 0 aliphatic heterocycles. The molecule has 0 atom stereocenters. The molecule has 0 N–H and O–H groups in total. The quantitative estimate of drug-likeness (QED) is 0.489. The average Bonchev–Trinajstić information content (AvgIpc) is 3.40. The van der Waals surface area contributed by atoms with Gasteiger partial charge in [-0.15, -0.1) is 16.4 Å². The van der Waals surface area contributed by atoms with Crippen LogP contribution >= 0.6 is 11.3 Å². The van der Waals surface area contributed by atoms with E-state index in [9.17, 15) is 4.79 Å². The Kier molecular flexibility index (Phi) is 5.08. The van der Waals surface area contributed by atoms with Gasteiger partial charge in [0.25, 0.3) is 5.91 Å². The summed E-state index contributed by atoms with van der Waals surface area (Å²) in [6.45, 7) is 3.25. The van der Waals surface area contributed by atoms with Crippen LogP contribution < -0.4 is 9.64 Å². The van der Waals surface area contributed by atoms with Crippen LogP contribution in [-0.4, -0.2) is 28.0 Å². The maximum Gasteiger partial charge on any atom is 0.258 e. The minimum Gasteiger partial charge on any atom is -0.497 e. The minimum absolute atomic E-state index is 0.0773. The molecule has 1 amide bonds. The number of carbonyl (C=O) groups is 1. The van der Waals surface area contributed by atoms with Crippen LogP contribution in [0.4, 0.5) is 5.69 Å². The van der Waals surface area contributed by atoms with Crippen LogP contribution in [0.3, 0.4) is 0 Å². The number of aryl methyl sites for hydroxylation is 1. The number of hydrogen-bond donors (Lipinski definition) is 0. The fourth-order valence-electron chi connectivity index (χ4n) is 3.10. The van der Waals surface area contributed by atoms with Crippen molar-refractivity contribution in [2.75, 3.05) is 12.0 Å². The Bertz CT molecular complexity index is 1090. The van der Waals surface area contributed by atoms with Crippen LogP contribution in [0.15, 0.2) is 60.0 Å². The molecule has 0 saturated heterocycles. The number of ether oxygens (including phenoxy) is 1. The first-order valence-corrected chi connectivity index (χ1v) is 9.89. The van der Waals surface area contributed by atoms with Crippen molar-refractivity contribution in [2.45, 2.75) is 20.0 Å². The van der Waals surface area contributed by atoms with Crippen molar-refractivity contribution in [1.82, 2.24) is 15.0 Å². The van der Waals surface area contributed by atoms with Gasteiger partial charge in [0.2, 0.25) is 0 Å². The second-order valence-corrected chi connectivity index (χ2v) is 7.31. The lowest BCUT2D eigenvalue weighted by Crippen LogP contribution is -2.30. The summed E-state index contributed by atoms with van der Waals surface area (Å²) in [5, 5.41) is 10.3. The van der Waals surface area contributed by atoms with Crippen molar-refractivity contribution in [3.05, 3.63) is 70.4 Å². The number of anilines is 1. The summed E-state index contributed by atoms with van der Waals surface area (Å²) in [4.78, 5) is 16.3. The van der Waals surface area contributed by atoms with Crippen molar-refractivity contribution in [3.8, 4) is 5.75 Å². The third kappa shape index (κ3) is 3.48. The molecule has 6 nitrogen and oxygen atoms in total. The summed E-state index contributed by atoms with van der Waals surface area (Å²) in [7, 11) is 1.63. The average molecular weight is 392 g/mol. The predicted octanol–water partition coefficient (Wildman–Crippen LogP) is 4.37. The summed E-state index contributed by atoms with van der Waals surface area (Å²) in [6, 6.07) is 17.1. The third-order valence-electron chi connectivity index (χ3n) is 4.58. The summed E-state index contributed by atoms with van der Waals surface area (Å²) in [6.07, 6.45) is 0. The Hall–Kier alpha value is -3.19. The van der Waals surface area contributed by atoms with E-state index in [1.54, 1.807) is 23.3 Å². The second kappa shape index (κ2) is 7.82. The minimum atomic E-state index is -0.0773. The highest BCUT2D eigenvalue weighted by Gasteiger charge is 2.20. The molecule has 7 heteroatoms. The van der Waals surface area contributed by atoms with Gasteiger partial charge in [0.1, 0.15) is 11.3 Å². The molecule has 0 bridgehead atoms. The highest BCUT2D eigenvalue weighted by Crippen LogP contribution is 2.25. The molecule has 4 aromatic rings. The Morgan fingerprint density at radius 2 is 2.00 bits per heavy atom. The molecule has 0 aliphatic carbocycles. The predicted molar refractivity (Wildman–Crippen MR) is 111 cm³/mol. The number of fused-ring (bicyclic) bond motifs is 1. The lowest BCUT2D eigenvalue weighted by atomic mass is 10.1. The number of thiophene rings is 1. The zero-order chi connectivity index (χ0) is 19.5. The molecule has 2 aromatic heterocycles. The summed E-state index contributed by atoms with van der Waals surface area (Å²) < 4.78 is 7.06. The SMILES string of the molecule is CCn1nnc2cc(C(=O)N(Cc3cccs3)c3ccc(OC)cc3)ccc21. The Morgan fingerprint density at radius 1 is 1.18 bits per heavy atom. The molecule has 142 valence electrons. The first kappa shape index (κ1) is 18.2. The number of benzene rings is 2. The van der Waals surface area contributed by atoms with E-state index in [1.165, 1.54) is 0 Å². The lowest BCUT2D eigenvalue weighted by Gasteiger charge is -2.23. The number of nitrogens with zero attached hydrogens (tertiary/aromatic N) is 4. The molecule has 2 heterocycles. The number of methoxy groups -OCH3 is 1. The van der Waals surface area contributed by atoms with E-state index >= 15 is 0 Å². The molecule has 28 heavy (non-hydrogen) atoms. The standard InChI is InChI=1S/C21H20N4O2S/c1-3-25-20-11-6-15(13-19(20)22-23-25)21(26)24(14-18-5-4-12-28-18)16-7-9-17(27-2)10-8-16/h4-13H,3,14H2,1-2H3. The summed E-state index contributed by atoms with van der Waals surface area (Å²) >= 11 is 1.63. The molecule has 0 unspecified atom stereocenters. The van der Waals surface area contributed by atoms with E-state index in [4.69, 9.17) is 4.74 Å². The van der Waals surface area contributed by atoms with Gasteiger partial charge in [-0.1, -0.05) is 11.3 Å².